The van der Waals surface area contributed by atoms with Gasteiger partial charge in [0.2, 0.25) is 5.91 Å². The molecule has 8 heteroatoms. The van der Waals surface area contributed by atoms with Crippen LogP contribution in [-0.4, -0.2) is 32.6 Å². The van der Waals surface area contributed by atoms with Gasteiger partial charge in [-0.25, -0.2) is 9.78 Å². The predicted octanol–water partition coefficient (Wildman–Crippen LogP) is 0.437. The number of nitrogens with one attached hydrogen (secondary N) is 1. The fourth-order valence-electron chi connectivity index (χ4n) is 1.74. The molecule has 7 nitrogen and oxygen atoms in total. The predicted molar refractivity (Wildman–Crippen MR) is 73.7 cm³/mol. The molecule has 0 bridgehead atoms. The maximum atomic E-state index is 12.0. The second-order valence-electron chi connectivity index (χ2n) is 4.18. The maximum absolute atomic E-state index is 12.0. The van der Waals surface area contributed by atoms with Crippen molar-refractivity contribution in [1.82, 2.24) is 14.9 Å². The van der Waals surface area contributed by atoms with Crippen LogP contribution in [0.15, 0.2) is 22.6 Å². The average Bonchev–Trinajstić information content (AvgIpc) is 2.88. The van der Waals surface area contributed by atoms with Crippen molar-refractivity contribution >= 4 is 33.4 Å². The van der Waals surface area contributed by atoms with E-state index in [9.17, 15) is 14.4 Å². The number of hydrogen-bond donors (Lipinski definition) is 2. The van der Waals surface area contributed by atoms with Gasteiger partial charge in [0.15, 0.2) is 0 Å². The highest BCUT2D eigenvalue weighted by molar-refractivity contribution is 7.16. The molecule has 2 aromatic rings. The number of aliphatic carboxylic acids is 1. The average molecular weight is 295 g/mol. The number of carbonyl (C=O) groups is 2. The summed E-state index contributed by atoms with van der Waals surface area (Å²) < 4.78 is 1.17. The van der Waals surface area contributed by atoms with Crippen molar-refractivity contribution in [3.63, 3.8) is 0 Å². The van der Waals surface area contributed by atoms with E-state index in [-0.39, 0.29) is 18.5 Å². The number of thiophene rings is 1. The zero-order valence-electron chi connectivity index (χ0n) is 10.7. The van der Waals surface area contributed by atoms with Crippen LogP contribution in [-0.2, 0) is 16.1 Å². The third-order valence-corrected chi connectivity index (χ3v) is 3.63. The topological polar surface area (TPSA) is 101 Å². The minimum atomic E-state index is -1.10. The minimum absolute atomic E-state index is 0.249. The lowest BCUT2D eigenvalue weighted by Crippen LogP contribution is -2.42. The lowest BCUT2D eigenvalue weighted by molar-refractivity contribution is -0.142. The number of carbonyl (C=O) groups excluding carboxylic acids is 1. The van der Waals surface area contributed by atoms with Gasteiger partial charge in [-0.1, -0.05) is 6.92 Å². The molecule has 20 heavy (non-hydrogen) atoms. The van der Waals surface area contributed by atoms with Crippen molar-refractivity contribution in [2.24, 2.45) is 0 Å². The molecule has 0 aliphatic heterocycles. The summed E-state index contributed by atoms with van der Waals surface area (Å²) >= 11 is 1.34. The molecule has 0 aliphatic carbocycles. The SMILES string of the molecule is CC[C@H](NC(=O)Cn1cnc2sccc2c1=O)C(=O)O. The number of nitrogens with zero attached hydrogens (tertiary/aromatic N) is 2. The Kier molecular flexibility index (Phi) is 4.14. The molecule has 2 rings (SSSR count). The van der Waals surface area contributed by atoms with Gasteiger partial charge in [-0.15, -0.1) is 11.3 Å². The van der Waals surface area contributed by atoms with Gasteiger partial charge in [0.1, 0.15) is 17.4 Å². The first kappa shape index (κ1) is 14.2. The molecule has 1 atom stereocenters. The summed E-state index contributed by atoms with van der Waals surface area (Å²) in [4.78, 5) is 39.3. The second-order valence-corrected chi connectivity index (χ2v) is 5.08. The van der Waals surface area contributed by atoms with E-state index in [0.29, 0.717) is 10.2 Å². The lowest BCUT2D eigenvalue weighted by Gasteiger charge is -2.12. The molecule has 106 valence electrons. The van der Waals surface area contributed by atoms with E-state index in [1.807, 2.05) is 0 Å². The van der Waals surface area contributed by atoms with Gasteiger partial charge in [-0.3, -0.25) is 14.2 Å². The van der Waals surface area contributed by atoms with Gasteiger partial charge >= 0.3 is 5.97 Å². The molecule has 0 unspecified atom stereocenters. The normalized spacial score (nSPS) is 12.2. The van der Waals surface area contributed by atoms with Crippen LogP contribution in [0.2, 0.25) is 0 Å². The Balaban J connectivity index is 2.15. The number of hydrogen-bond acceptors (Lipinski definition) is 5. The van der Waals surface area contributed by atoms with Gasteiger partial charge < -0.3 is 10.4 Å². The summed E-state index contributed by atoms with van der Waals surface area (Å²) in [5, 5.41) is 13.4. The summed E-state index contributed by atoms with van der Waals surface area (Å²) in [5.74, 6) is -1.63. The van der Waals surface area contributed by atoms with Crippen molar-refractivity contribution in [1.29, 1.82) is 0 Å². The van der Waals surface area contributed by atoms with Gasteiger partial charge in [-0.2, -0.15) is 0 Å². The fraction of sp³-hybridized carbons (Fsp3) is 0.333. The Bertz CT molecular complexity index is 706. The molecule has 0 saturated carbocycles. The highest BCUT2D eigenvalue weighted by Crippen LogP contribution is 2.13. The van der Waals surface area contributed by atoms with Crippen LogP contribution in [0.3, 0.4) is 0 Å². The van der Waals surface area contributed by atoms with E-state index < -0.39 is 17.9 Å². The molecule has 2 aromatic heterocycles. The van der Waals surface area contributed by atoms with E-state index in [4.69, 9.17) is 5.11 Å². The zero-order chi connectivity index (χ0) is 14.7. The third kappa shape index (κ3) is 2.85. The minimum Gasteiger partial charge on any atom is -0.480 e. The summed E-state index contributed by atoms with van der Waals surface area (Å²) in [6.07, 6.45) is 1.57. The molecule has 1 amide bonds. The van der Waals surface area contributed by atoms with Crippen LogP contribution < -0.4 is 10.9 Å². The van der Waals surface area contributed by atoms with Crippen molar-refractivity contribution < 1.29 is 14.7 Å². The Morgan fingerprint density at radius 1 is 1.55 bits per heavy atom. The van der Waals surface area contributed by atoms with Gasteiger partial charge in [0.25, 0.3) is 5.56 Å². The van der Waals surface area contributed by atoms with Crippen LogP contribution >= 0.6 is 11.3 Å². The number of aromatic nitrogens is 2. The Labute approximate surface area is 117 Å². The largest absolute Gasteiger partial charge is 0.480 e. The van der Waals surface area contributed by atoms with E-state index in [2.05, 4.69) is 10.3 Å². The highest BCUT2D eigenvalue weighted by atomic mass is 32.1. The van der Waals surface area contributed by atoms with Crippen molar-refractivity contribution in [2.45, 2.75) is 25.9 Å². The van der Waals surface area contributed by atoms with Crippen LogP contribution in [0.1, 0.15) is 13.3 Å². The van der Waals surface area contributed by atoms with Crippen molar-refractivity contribution in [3.8, 4) is 0 Å². The molecular formula is C12H13N3O4S. The highest BCUT2D eigenvalue weighted by Gasteiger charge is 2.18. The van der Waals surface area contributed by atoms with Crippen LogP contribution in [0, 0.1) is 0 Å². The Morgan fingerprint density at radius 3 is 2.95 bits per heavy atom. The van der Waals surface area contributed by atoms with E-state index in [1.54, 1.807) is 18.4 Å². The maximum Gasteiger partial charge on any atom is 0.326 e. The smallest absolute Gasteiger partial charge is 0.326 e. The molecule has 2 N–H and O–H groups in total. The molecule has 2 heterocycles. The summed E-state index contributed by atoms with van der Waals surface area (Å²) in [7, 11) is 0. The van der Waals surface area contributed by atoms with E-state index >= 15 is 0 Å². The van der Waals surface area contributed by atoms with Gasteiger partial charge in [0.05, 0.1) is 11.7 Å². The van der Waals surface area contributed by atoms with E-state index in [1.165, 1.54) is 22.2 Å². The Hall–Kier alpha value is -2.22. The lowest BCUT2D eigenvalue weighted by atomic mass is 10.2. The number of carboxylic acid groups (broad SMARTS) is 1. The first-order valence-electron chi connectivity index (χ1n) is 5.97. The summed E-state index contributed by atoms with van der Waals surface area (Å²) in [6, 6.07) is 0.701. The Morgan fingerprint density at radius 2 is 2.30 bits per heavy atom. The van der Waals surface area contributed by atoms with Crippen LogP contribution in [0.25, 0.3) is 10.2 Å². The fourth-order valence-corrected chi connectivity index (χ4v) is 2.46. The number of fused-ring (bicyclic) bond motifs is 1. The zero-order valence-corrected chi connectivity index (χ0v) is 11.5. The quantitative estimate of drug-likeness (QED) is 0.833. The van der Waals surface area contributed by atoms with Crippen LogP contribution in [0.4, 0.5) is 0 Å². The molecule has 0 aliphatic rings. The van der Waals surface area contributed by atoms with Crippen molar-refractivity contribution in [2.75, 3.05) is 0 Å². The molecule has 0 saturated heterocycles. The van der Waals surface area contributed by atoms with Crippen LogP contribution in [0.5, 0.6) is 0 Å². The molecule has 0 fully saturated rings. The second kappa shape index (κ2) is 5.83. The van der Waals surface area contributed by atoms with Crippen molar-refractivity contribution in [3.05, 3.63) is 28.1 Å². The third-order valence-electron chi connectivity index (χ3n) is 2.81. The number of rotatable bonds is 5. The molecular weight excluding hydrogens is 282 g/mol. The monoisotopic (exact) mass is 295 g/mol. The number of carboxylic acids is 1. The first-order chi connectivity index (χ1) is 9.52. The number of amides is 1. The summed E-state index contributed by atoms with van der Waals surface area (Å²) in [5.41, 5.74) is -0.310. The standard InChI is InChI=1S/C12H13N3O4S/c1-2-8(12(18)19)14-9(16)5-15-6-13-10-7(11(15)17)3-4-20-10/h3-4,6,8H,2,5H2,1H3,(H,14,16)(H,18,19)/t8-/m0/s1. The van der Waals surface area contributed by atoms with Gasteiger partial charge in [-0.05, 0) is 17.9 Å². The molecule has 0 radical (unpaired) electrons. The van der Waals surface area contributed by atoms with E-state index in [0.717, 1.165) is 0 Å². The van der Waals surface area contributed by atoms with Gasteiger partial charge in [0, 0.05) is 0 Å². The first-order valence-corrected chi connectivity index (χ1v) is 6.85. The molecule has 0 spiro atoms. The summed E-state index contributed by atoms with van der Waals surface area (Å²) in [6.45, 7) is 1.41. The molecule has 0 aromatic carbocycles.